The first-order valence-corrected chi connectivity index (χ1v) is 10.6. The number of benzene rings is 1. The van der Waals surface area contributed by atoms with E-state index >= 15 is 0 Å². The highest BCUT2D eigenvalue weighted by Gasteiger charge is 2.58. The highest BCUT2D eigenvalue weighted by molar-refractivity contribution is 5.81. The largest absolute Gasteiger partial charge is 0.573 e. The maximum atomic E-state index is 12.8. The lowest BCUT2D eigenvalue weighted by Gasteiger charge is -2.40. The lowest BCUT2D eigenvalue weighted by molar-refractivity contribution is -0.274. The van der Waals surface area contributed by atoms with Gasteiger partial charge in [0.1, 0.15) is 5.75 Å². The molecule has 1 saturated heterocycles. The Kier molecular flexibility index (Phi) is 5.22. The molecule has 164 valence electrons. The van der Waals surface area contributed by atoms with Crippen LogP contribution in [-0.4, -0.2) is 42.2 Å². The molecule has 0 spiro atoms. The van der Waals surface area contributed by atoms with Gasteiger partial charge in [-0.1, -0.05) is 19.1 Å². The van der Waals surface area contributed by atoms with Crippen molar-refractivity contribution in [3.8, 4) is 5.75 Å². The lowest BCUT2D eigenvalue weighted by atomic mass is 9.78. The van der Waals surface area contributed by atoms with Crippen LogP contribution in [0.25, 0.3) is 0 Å². The molecule has 0 aromatic heterocycles. The van der Waals surface area contributed by atoms with Crippen molar-refractivity contribution in [1.29, 1.82) is 0 Å². The highest BCUT2D eigenvalue weighted by Crippen LogP contribution is 2.60. The third-order valence-corrected chi connectivity index (χ3v) is 6.97. The average Bonchev–Trinajstić information content (AvgIpc) is 3.39. The lowest BCUT2D eigenvalue weighted by Crippen LogP contribution is -2.52. The van der Waals surface area contributed by atoms with E-state index in [9.17, 15) is 22.8 Å². The number of likely N-dealkylation sites (tertiary alicyclic amines) is 1. The van der Waals surface area contributed by atoms with Crippen molar-refractivity contribution in [3.63, 3.8) is 0 Å². The standard InChI is InChI=1S/C22H27F3N2O3/c1-3-19(28)26-17-8-14(9-17)20(29)27-7-6-21(11-16(21)12-27)15-5-4-13(2)18(10-15)30-22(23,24)25/h4-5,10,14,16-17H,3,6-9,11-12H2,1-2H3,(H,26,28). The fourth-order valence-electron chi connectivity index (χ4n) is 4.99. The van der Waals surface area contributed by atoms with E-state index in [-0.39, 0.29) is 40.9 Å². The monoisotopic (exact) mass is 424 g/mol. The number of piperidine rings is 1. The van der Waals surface area contributed by atoms with Crippen LogP contribution in [0.1, 0.15) is 50.2 Å². The van der Waals surface area contributed by atoms with Crippen LogP contribution in [0.4, 0.5) is 13.2 Å². The number of nitrogens with zero attached hydrogens (tertiary/aromatic N) is 1. The van der Waals surface area contributed by atoms with Crippen molar-refractivity contribution in [1.82, 2.24) is 10.2 Å². The summed E-state index contributed by atoms with van der Waals surface area (Å²) in [4.78, 5) is 26.2. The number of ether oxygens (including phenoxy) is 1. The SMILES string of the molecule is CCC(=O)NC1CC(C(=O)N2CCC3(c4ccc(C)c(OC(F)(F)F)c4)CC3C2)C1. The van der Waals surface area contributed by atoms with Gasteiger partial charge in [0.25, 0.3) is 0 Å². The highest BCUT2D eigenvalue weighted by atomic mass is 19.4. The molecule has 30 heavy (non-hydrogen) atoms. The molecular weight excluding hydrogens is 397 g/mol. The number of carbonyl (C=O) groups excluding carboxylic acids is 2. The molecule has 1 aromatic carbocycles. The van der Waals surface area contributed by atoms with Crippen LogP contribution in [0.2, 0.25) is 0 Å². The summed E-state index contributed by atoms with van der Waals surface area (Å²) in [5, 5.41) is 2.92. The predicted octanol–water partition coefficient (Wildman–Crippen LogP) is 3.69. The van der Waals surface area contributed by atoms with Crippen LogP contribution in [0.5, 0.6) is 5.75 Å². The predicted molar refractivity (Wildman–Crippen MR) is 104 cm³/mol. The van der Waals surface area contributed by atoms with Crippen molar-refractivity contribution in [2.75, 3.05) is 13.1 Å². The second-order valence-corrected chi connectivity index (χ2v) is 8.91. The molecule has 4 rings (SSSR count). The number of carbonyl (C=O) groups is 2. The normalized spacial score (nSPS) is 30.2. The van der Waals surface area contributed by atoms with Crippen molar-refractivity contribution in [3.05, 3.63) is 29.3 Å². The van der Waals surface area contributed by atoms with E-state index < -0.39 is 6.36 Å². The molecule has 3 aliphatic rings. The molecule has 1 heterocycles. The Balaban J connectivity index is 1.35. The summed E-state index contributed by atoms with van der Waals surface area (Å²) in [6.07, 6.45) is -1.26. The van der Waals surface area contributed by atoms with Gasteiger partial charge < -0.3 is 15.0 Å². The molecule has 1 aromatic rings. The van der Waals surface area contributed by atoms with E-state index in [0.717, 1.165) is 18.4 Å². The molecular formula is C22H27F3N2O3. The summed E-state index contributed by atoms with van der Waals surface area (Å²) in [5.74, 6) is 0.242. The van der Waals surface area contributed by atoms with Gasteiger partial charge in [0, 0.05) is 36.9 Å². The first-order valence-electron chi connectivity index (χ1n) is 10.6. The van der Waals surface area contributed by atoms with Gasteiger partial charge in [0.05, 0.1) is 0 Å². The zero-order chi connectivity index (χ0) is 21.7. The maximum absolute atomic E-state index is 12.8. The summed E-state index contributed by atoms with van der Waals surface area (Å²) in [5.41, 5.74) is 1.17. The zero-order valence-electron chi connectivity index (χ0n) is 17.2. The van der Waals surface area contributed by atoms with Crippen LogP contribution in [0, 0.1) is 18.8 Å². The molecule has 2 unspecified atom stereocenters. The first kappa shape index (κ1) is 21.0. The Morgan fingerprint density at radius 3 is 2.67 bits per heavy atom. The van der Waals surface area contributed by atoms with Gasteiger partial charge in [-0.05, 0) is 55.7 Å². The molecule has 2 aliphatic carbocycles. The molecule has 5 nitrogen and oxygen atoms in total. The van der Waals surface area contributed by atoms with Gasteiger partial charge in [-0.25, -0.2) is 0 Å². The number of alkyl halides is 3. The summed E-state index contributed by atoms with van der Waals surface area (Å²) in [7, 11) is 0. The first-order chi connectivity index (χ1) is 14.1. The zero-order valence-corrected chi connectivity index (χ0v) is 17.2. The molecule has 3 fully saturated rings. The van der Waals surface area contributed by atoms with Crippen LogP contribution in [0.3, 0.4) is 0 Å². The molecule has 1 N–H and O–H groups in total. The summed E-state index contributed by atoms with van der Waals surface area (Å²) in [6.45, 7) is 4.66. The Morgan fingerprint density at radius 2 is 2.03 bits per heavy atom. The molecule has 2 atom stereocenters. The van der Waals surface area contributed by atoms with Gasteiger partial charge in [0.2, 0.25) is 11.8 Å². The Bertz CT molecular complexity index is 851. The van der Waals surface area contributed by atoms with Gasteiger partial charge in [-0.15, -0.1) is 13.2 Å². The van der Waals surface area contributed by atoms with Gasteiger partial charge in [0.15, 0.2) is 0 Å². The van der Waals surface area contributed by atoms with E-state index in [1.807, 2.05) is 11.0 Å². The van der Waals surface area contributed by atoms with Gasteiger partial charge in [-0.2, -0.15) is 0 Å². The minimum atomic E-state index is -4.71. The number of halogens is 3. The van der Waals surface area contributed by atoms with Gasteiger partial charge in [-0.3, -0.25) is 9.59 Å². The number of aryl methyl sites for hydroxylation is 1. The summed E-state index contributed by atoms with van der Waals surface area (Å²) >= 11 is 0. The Labute approximate surface area is 173 Å². The maximum Gasteiger partial charge on any atom is 0.573 e. The second kappa shape index (κ2) is 7.46. The van der Waals surface area contributed by atoms with E-state index in [2.05, 4.69) is 10.1 Å². The van der Waals surface area contributed by atoms with Crippen LogP contribution in [-0.2, 0) is 15.0 Å². The van der Waals surface area contributed by atoms with Crippen LogP contribution in [0.15, 0.2) is 18.2 Å². The molecule has 0 radical (unpaired) electrons. The molecule has 2 saturated carbocycles. The van der Waals surface area contributed by atoms with Crippen molar-refractivity contribution >= 4 is 11.8 Å². The van der Waals surface area contributed by atoms with Crippen molar-refractivity contribution in [2.24, 2.45) is 11.8 Å². The van der Waals surface area contributed by atoms with Crippen molar-refractivity contribution < 1.29 is 27.5 Å². The summed E-state index contributed by atoms with van der Waals surface area (Å²) in [6, 6.07) is 5.18. The summed E-state index contributed by atoms with van der Waals surface area (Å²) < 4.78 is 42.2. The second-order valence-electron chi connectivity index (χ2n) is 8.91. The quantitative estimate of drug-likeness (QED) is 0.785. The third-order valence-electron chi connectivity index (χ3n) is 6.97. The number of hydrogen-bond donors (Lipinski definition) is 1. The van der Waals surface area contributed by atoms with E-state index in [4.69, 9.17) is 0 Å². The Hall–Kier alpha value is -2.25. The van der Waals surface area contributed by atoms with E-state index in [1.54, 1.807) is 19.9 Å². The van der Waals surface area contributed by atoms with Gasteiger partial charge >= 0.3 is 6.36 Å². The Morgan fingerprint density at radius 1 is 1.30 bits per heavy atom. The number of hydrogen-bond acceptors (Lipinski definition) is 3. The number of fused-ring (bicyclic) bond motifs is 1. The number of nitrogens with one attached hydrogen (secondary N) is 1. The molecule has 1 aliphatic heterocycles. The van der Waals surface area contributed by atoms with E-state index in [0.29, 0.717) is 37.9 Å². The fourth-order valence-corrected chi connectivity index (χ4v) is 4.99. The van der Waals surface area contributed by atoms with Crippen LogP contribution < -0.4 is 10.1 Å². The number of rotatable bonds is 5. The third kappa shape index (κ3) is 4.01. The molecule has 8 heteroatoms. The van der Waals surface area contributed by atoms with Crippen molar-refractivity contribution in [2.45, 2.75) is 63.8 Å². The topological polar surface area (TPSA) is 58.6 Å². The van der Waals surface area contributed by atoms with Crippen LogP contribution >= 0.6 is 0 Å². The van der Waals surface area contributed by atoms with E-state index in [1.165, 1.54) is 6.07 Å². The average molecular weight is 424 g/mol. The smallest absolute Gasteiger partial charge is 0.406 e. The molecule has 2 amide bonds. The molecule has 0 bridgehead atoms. The fraction of sp³-hybridized carbons (Fsp3) is 0.636. The minimum absolute atomic E-state index is 0.0126. The minimum Gasteiger partial charge on any atom is -0.406 e. The number of amides is 2.